The van der Waals surface area contributed by atoms with Crippen LogP contribution < -0.4 is 11.5 Å². The topological polar surface area (TPSA) is 76.8 Å². The molecule has 0 saturated heterocycles. The Morgan fingerprint density at radius 3 is 1.65 bits per heavy atom. The number of nitrogens with two attached hydrogens (primary N) is 2. The molecule has 4 N–H and O–H groups in total. The molecule has 0 aliphatic rings. The first-order valence-corrected chi connectivity index (χ1v) is 6.41. The Bertz CT molecular complexity index is 559. The molecule has 2 aromatic rings. The summed E-state index contributed by atoms with van der Waals surface area (Å²) in [6.07, 6.45) is 0. The third-order valence-electron chi connectivity index (χ3n) is 3.01. The van der Waals surface area contributed by atoms with E-state index in [1.165, 1.54) is 0 Å². The average Bonchev–Trinajstić information content (AvgIpc) is 2.48. The van der Waals surface area contributed by atoms with Crippen LogP contribution in [0.25, 0.3) is 0 Å². The molecule has 0 unspecified atom stereocenters. The van der Waals surface area contributed by atoms with E-state index in [1.807, 2.05) is 43.3 Å². The molecule has 0 aliphatic heterocycles. The quantitative estimate of drug-likeness (QED) is 0.506. The molecule has 0 aliphatic carbocycles. The lowest BCUT2D eigenvalue weighted by atomic mass is 9.88. The van der Waals surface area contributed by atoms with Gasteiger partial charge in [-0.05, 0) is 18.1 Å². The lowest BCUT2D eigenvalue weighted by Gasteiger charge is -2.17. The molecular formula is C16H18N4. The van der Waals surface area contributed by atoms with Crippen LogP contribution in [0.15, 0.2) is 70.9 Å². The van der Waals surface area contributed by atoms with Crippen LogP contribution in [0.2, 0.25) is 0 Å². The van der Waals surface area contributed by atoms with E-state index in [2.05, 4.69) is 34.5 Å². The van der Waals surface area contributed by atoms with E-state index in [1.54, 1.807) is 0 Å². The van der Waals surface area contributed by atoms with Crippen LogP contribution in [0.1, 0.15) is 24.0 Å². The maximum atomic E-state index is 5.34. The van der Waals surface area contributed by atoms with Crippen molar-refractivity contribution in [2.24, 2.45) is 21.7 Å². The van der Waals surface area contributed by atoms with Crippen LogP contribution in [0.4, 0.5) is 0 Å². The summed E-state index contributed by atoms with van der Waals surface area (Å²) < 4.78 is 0. The Balaban J connectivity index is 2.46. The van der Waals surface area contributed by atoms with Gasteiger partial charge in [-0.25, -0.2) is 0 Å². The van der Waals surface area contributed by atoms with E-state index in [0.29, 0.717) is 0 Å². The van der Waals surface area contributed by atoms with Gasteiger partial charge in [-0.15, -0.1) is 5.10 Å². The summed E-state index contributed by atoms with van der Waals surface area (Å²) >= 11 is 0. The van der Waals surface area contributed by atoms with Crippen LogP contribution in [0.5, 0.6) is 0 Å². The number of guanidine groups is 1. The predicted molar refractivity (Wildman–Crippen MR) is 83.6 cm³/mol. The fourth-order valence-corrected chi connectivity index (χ4v) is 2.16. The van der Waals surface area contributed by atoms with E-state index in [0.717, 1.165) is 16.8 Å². The standard InChI is InChI=1S/C16H18N4/c1-12(19-20-16(17)18)15(13-8-4-2-5-9-13)14-10-6-3-7-11-14/h2-11,15H,1H3,(H4,17,18,20). The summed E-state index contributed by atoms with van der Waals surface area (Å²) in [7, 11) is 0. The van der Waals surface area contributed by atoms with Gasteiger partial charge in [0.15, 0.2) is 0 Å². The van der Waals surface area contributed by atoms with Gasteiger partial charge in [0.25, 0.3) is 0 Å². The van der Waals surface area contributed by atoms with Gasteiger partial charge < -0.3 is 11.5 Å². The molecule has 0 bridgehead atoms. The summed E-state index contributed by atoms with van der Waals surface area (Å²) in [5.74, 6) is 0.00437. The minimum Gasteiger partial charge on any atom is -0.369 e. The largest absolute Gasteiger partial charge is 0.369 e. The molecule has 0 atom stereocenters. The van der Waals surface area contributed by atoms with Gasteiger partial charge >= 0.3 is 0 Å². The van der Waals surface area contributed by atoms with Crippen molar-refractivity contribution < 1.29 is 0 Å². The van der Waals surface area contributed by atoms with Crippen molar-refractivity contribution >= 4 is 11.7 Å². The van der Waals surface area contributed by atoms with Crippen molar-refractivity contribution in [2.45, 2.75) is 12.8 Å². The molecule has 20 heavy (non-hydrogen) atoms. The van der Waals surface area contributed by atoms with Gasteiger partial charge in [0.05, 0.1) is 0 Å². The molecule has 4 heteroatoms. The van der Waals surface area contributed by atoms with E-state index in [-0.39, 0.29) is 11.9 Å². The summed E-state index contributed by atoms with van der Waals surface area (Å²) in [6.45, 7) is 1.93. The second kappa shape index (κ2) is 6.52. The van der Waals surface area contributed by atoms with Crippen molar-refractivity contribution in [3.05, 3.63) is 71.8 Å². The molecule has 0 aromatic heterocycles. The molecule has 2 rings (SSSR count). The number of hydrogen-bond acceptors (Lipinski definition) is 2. The van der Waals surface area contributed by atoms with Crippen LogP contribution in [0.3, 0.4) is 0 Å². The van der Waals surface area contributed by atoms with Gasteiger partial charge in [0.2, 0.25) is 5.96 Å². The van der Waals surface area contributed by atoms with Gasteiger partial charge in [-0.2, -0.15) is 5.10 Å². The maximum absolute atomic E-state index is 5.34. The average molecular weight is 266 g/mol. The summed E-state index contributed by atoms with van der Waals surface area (Å²) in [5.41, 5.74) is 13.8. The lowest BCUT2D eigenvalue weighted by molar-refractivity contribution is 1.04. The predicted octanol–water partition coefficient (Wildman–Crippen LogP) is 2.47. The minimum absolute atomic E-state index is 0.0378. The Morgan fingerprint density at radius 2 is 1.25 bits per heavy atom. The number of rotatable bonds is 4. The first-order valence-electron chi connectivity index (χ1n) is 6.41. The van der Waals surface area contributed by atoms with Gasteiger partial charge in [0, 0.05) is 11.6 Å². The Kier molecular flexibility index (Phi) is 4.50. The van der Waals surface area contributed by atoms with Crippen LogP contribution in [0, 0.1) is 0 Å². The molecule has 0 spiro atoms. The maximum Gasteiger partial charge on any atom is 0.211 e. The molecule has 102 valence electrons. The molecule has 0 radical (unpaired) electrons. The highest BCUT2D eigenvalue weighted by Gasteiger charge is 2.17. The van der Waals surface area contributed by atoms with E-state index < -0.39 is 0 Å². The SMILES string of the molecule is CC(=NN=C(N)N)C(c1ccccc1)c1ccccc1. The van der Waals surface area contributed by atoms with Crippen molar-refractivity contribution in [3.8, 4) is 0 Å². The third kappa shape index (κ3) is 3.45. The van der Waals surface area contributed by atoms with E-state index >= 15 is 0 Å². The van der Waals surface area contributed by atoms with Gasteiger partial charge in [0.1, 0.15) is 0 Å². The number of nitrogens with zero attached hydrogens (tertiary/aromatic N) is 2. The Hall–Kier alpha value is -2.62. The number of benzene rings is 2. The van der Waals surface area contributed by atoms with Crippen molar-refractivity contribution in [2.75, 3.05) is 0 Å². The summed E-state index contributed by atoms with van der Waals surface area (Å²) in [5, 5.41) is 7.89. The van der Waals surface area contributed by atoms with Gasteiger partial charge in [-0.3, -0.25) is 0 Å². The second-order valence-corrected chi connectivity index (χ2v) is 4.52. The van der Waals surface area contributed by atoms with E-state index in [4.69, 9.17) is 11.5 Å². The zero-order valence-corrected chi connectivity index (χ0v) is 11.4. The van der Waals surface area contributed by atoms with Crippen LogP contribution in [-0.2, 0) is 0 Å². The van der Waals surface area contributed by atoms with Crippen LogP contribution >= 0.6 is 0 Å². The molecule has 4 nitrogen and oxygen atoms in total. The first kappa shape index (κ1) is 13.8. The van der Waals surface area contributed by atoms with Crippen molar-refractivity contribution in [1.82, 2.24) is 0 Å². The normalized spacial score (nSPS) is 11.4. The summed E-state index contributed by atoms with van der Waals surface area (Å²) in [4.78, 5) is 0. The first-order chi connectivity index (χ1) is 9.68. The van der Waals surface area contributed by atoms with Gasteiger partial charge in [-0.1, -0.05) is 60.7 Å². The second-order valence-electron chi connectivity index (χ2n) is 4.52. The Morgan fingerprint density at radius 1 is 0.800 bits per heavy atom. The molecule has 0 heterocycles. The Labute approximate surface area is 118 Å². The smallest absolute Gasteiger partial charge is 0.211 e. The lowest BCUT2D eigenvalue weighted by Crippen LogP contribution is -2.22. The molecular weight excluding hydrogens is 248 g/mol. The molecule has 0 saturated carbocycles. The highest BCUT2D eigenvalue weighted by molar-refractivity contribution is 5.92. The van der Waals surface area contributed by atoms with Crippen molar-refractivity contribution in [3.63, 3.8) is 0 Å². The number of hydrogen-bond donors (Lipinski definition) is 2. The fraction of sp³-hybridized carbons (Fsp3) is 0.125. The monoisotopic (exact) mass is 266 g/mol. The molecule has 2 aromatic carbocycles. The third-order valence-corrected chi connectivity index (χ3v) is 3.01. The zero-order chi connectivity index (χ0) is 14.4. The van der Waals surface area contributed by atoms with Crippen LogP contribution in [-0.4, -0.2) is 11.7 Å². The van der Waals surface area contributed by atoms with Crippen molar-refractivity contribution in [1.29, 1.82) is 0 Å². The molecule has 0 amide bonds. The minimum atomic E-state index is -0.0378. The highest BCUT2D eigenvalue weighted by Crippen LogP contribution is 2.26. The highest BCUT2D eigenvalue weighted by atomic mass is 15.3. The summed E-state index contributed by atoms with van der Waals surface area (Å²) in [6, 6.07) is 20.3. The molecule has 0 fully saturated rings. The zero-order valence-electron chi connectivity index (χ0n) is 11.4. The fourth-order valence-electron chi connectivity index (χ4n) is 2.16. The van der Waals surface area contributed by atoms with E-state index in [9.17, 15) is 0 Å².